The van der Waals surface area contributed by atoms with Crippen LogP contribution in [0.15, 0.2) is 51.5 Å². The normalized spacial score (nSPS) is 12.0. The molecule has 1 aliphatic carbocycles. The maximum Gasteiger partial charge on any atom is 0.193 e. The molecule has 2 heterocycles. The van der Waals surface area contributed by atoms with Crippen LogP contribution in [0.25, 0.3) is 27.6 Å². The van der Waals surface area contributed by atoms with E-state index in [4.69, 9.17) is 4.42 Å². The van der Waals surface area contributed by atoms with Gasteiger partial charge >= 0.3 is 0 Å². The summed E-state index contributed by atoms with van der Waals surface area (Å²) in [6.07, 6.45) is 1.77. The third kappa shape index (κ3) is 2.80. The van der Waals surface area contributed by atoms with Crippen molar-refractivity contribution < 1.29 is 4.42 Å². The van der Waals surface area contributed by atoms with E-state index < -0.39 is 0 Å². The van der Waals surface area contributed by atoms with E-state index in [9.17, 15) is 21.0 Å². The van der Waals surface area contributed by atoms with Gasteiger partial charge in [-0.05, 0) is 22.8 Å². The molecule has 0 saturated heterocycles. The van der Waals surface area contributed by atoms with Crippen LogP contribution < -0.4 is 0 Å². The van der Waals surface area contributed by atoms with Crippen molar-refractivity contribution in [3.05, 3.63) is 68.9 Å². The Morgan fingerprint density at radius 3 is 2.00 bits per heavy atom. The molecule has 0 N–H and O–H groups in total. The first-order chi connectivity index (χ1) is 14.1. The van der Waals surface area contributed by atoms with Crippen LogP contribution in [0.2, 0.25) is 0 Å². The first-order valence-corrected chi connectivity index (χ1v) is 9.21. The summed E-state index contributed by atoms with van der Waals surface area (Å²) in [7, 11) is 0. The highest BCUT2D eigenvalue weighted by Crippen LogP contribution is 2.49. The summed E-state index contributed by atoms with van der Waals surface area (Å²) in [6, 6.07) is 16.7. The van der Waals surface area contributed by atoms with Gasteiger partial charge in [0.05, 0.1) is 0 Å². The highest BCUT2D eigenvalue weighted by atomic mass is 32.1. The lowest BCUT2D eigenvalue weighted by molar-refractivity contribution is 0.561. The minimum atomic E-state index is -0.0804. The molecule has 29 heavy (non-hydrogen) atoms. The molecule has 0 bridgehead atoms. The lowest BCUT2D eigenvalue weighted by Gasteiger charge is -2.04. The van der Waals surface area contributed by atoms with Gasteiger partial charge in [0.1, 0.15) is 35.4 Å². The van der Waals surface area contributed by atoms with E-state index in [-0.39, 0.29) is 11.1 Å². The van der Waals surface area contributed by atoms with Gasteiger partial charge in [-0.2, -0.15) is 21.0 Å². The van der Waals surface area contributed by atoms with E-state index in [1.54, 1.807) is 37.3 Å². The van der Waals surface area contributed by atoms with Gasteiger partial charge < -0.3 is 4.42 Å². The summed E-state index contributed by atoms with van der Waals surface area (Å²) >= 11 is 1.38. The van der Waals surface area contributed by atoms with Crippen LogP contribution >= 0.6 is 11.3 Å². The number of benzene rings is 1. The smallest absolute Gasteiger partial charge is 0.193 e. The Hall–Kier alpha value is -4.43. The quantitative estimate of drug-likeness (QED) is 0.544. The second-order valence-corrected chi connectivity index (χ2v) is 7.16. The average molecular weight is 391 g/mol. The summed E-state index contributed by atoms with van der Waals surface area (Å²) in [4.78, 5) is 5.81. The van der Waals surface area contributed by atoms with Gasteiger partial charge in [0.2, 0.25) is 0 Å². The van der Waals surface area contributed by atoms with Gasteiger partial charge in [-0.15, -0.1) is 11.3 Å². The standard InChI is InChI=1S/C22H9N5OS/c1-12-27-22-19(28-12)7-15(29-22)6-18-20(13(8-23)9-24)16-4-2-3-5-17(16)21(18)14(10-25)11-26/h2-7H,1H3. The number of thiophene rings is 1. The molecule has 0 saturated carbocycles. The molecule has 0 unspecified atom stereocenters. The fraction of sp³-hybridized carbons (Fsp3) is 0.0455. The second kappa shape index (κ2) is 6.95. The molecular formula is C22H9N5OS. The van der Waals surface area contributed by atoms with Crippen molar-refractivity contribution in [2.45, 2.75) is 6.92 Å². The largest absolute Gasteiger partial charge is 0.440 e. The van der Waals surface area contributed by atoms with Crippen molar-refractivity contribution in [2.75, 3.05) is 0 Å². The highest BCUT2D eigenvalue weighted by molar-refractivity contribution is 7.19. The first kappa shape index (κ1) is 18.0. The van der Waals surface area contributed by atoms with Gasteiger partial charge in [-0.1, -0.05) is 24.3 Å². The number of hydrogen-bond donors (Lipinski definition) is 0. The molecular weight excluding hydrogens is 382 g/mol. The average Bonchev–Trinajstić information content (AvgIpc) is 3.35. The third-order valence-corrected chi connectivity index (χ3v) is 5.41. The number of rotatable bonds is 1. The molecule has 0 fully saturated rings. The summed E-state index contributed by atoms with van der Waals surface area (Å²) in [5, 5.41) is 38.1. The maximum atomic E-state index is 9.52. The number of allylic oxidation sites excluding steroid dienone is 5. The molecule has 0 radical (unpaired) electrons. The monoisotopic (exact) mass is 391 g/mol. The zero-order valence-electron chi connectivity index (χ0n) is 15.0. The summed E-state index contributed by atoms with van der Waals surface area (Å²) < 4.78 is 5.54. The lowest BCUT2D eigenvalue weighted by atomic mass is 9.96. The van der Waals surface area contributed by atoms with Crippen molar-refractivity contribution in [2.24, 2.45) is 0 Å². The Kier molecular flexibility index (Phi) is 4.30. The Morgan fingerprint density at radius 1 is 0.966 bits per heavy atom. The zero-order valence-corrected chi connectivity index (χ0v) is 15.8. The van der Waals surface area contributed by atoms with E-state index in [1.807, 2.05) is 30.3 Å². The van der Waals surface area contributed by atoms with Gasteiger partial charge in [-0.25, -0.2) is 4.98 Å². The molecule has 0 aliphatic heterocycles. The maximum absolute atomic E-state index is 9.52. The Bertz CT molecular complexity index is 1320. The number of fused-ring (bicyclic) bond motifs is 2. The Balaban J connectivity index is 2.09. The van der Waals surface area contributed by atoms with E-state index in [1.165, 1.54) is 11.3 Å². The number of nitriles is 4. The molecule has 134 valence electrons. The number of oxazole rings is 1. The first-order valence-electron chi connectivity index (χ1n) is 8.39. The fourth-order valence-corrected chi connectivity index (χ4v) is 4.30. The van der Waals surface area contributed by atoms with Crippen LogP contribution in [0.5, 0.6) is 0 Å². The van der Waals surface area contributed by atoms with Crippen molar-refractivity contribution in [1.82, 2.24) is 4.98 Å². The molecule has 4 rings (SSSR count). The van der Waals surface area contributed by atoms with Crippen LogP contribution in [0.4, 0.5) is 0 Å². The van der Waals surface area contributed by atoms with E-state index in [0.29, 0.717) is 39.3 Å². The topological polar surface area (TPSA) is 121 Å². The number of nitrogens with zero attached hydrogens (tertiary/aromatic N) is 5. The summed E-state index contributed by atoms with van der Waals surface area (Å²) in [5.41, 5.74) is 3.07. The van der Waals surface area contributed by atoms with Crippen LogP contribution in [0.1, 0.15) is 21.9 Å². The minimum absolute atomic E-state index is 0.0804. The molecule has 1 aliphatic rings. The molecule has 7 heteroatoms. The predicted molar refractivity (Wildman–Crippen MR) is 107 cm³/mol. The molecule has 2 aromatic heterocycles. The highest BCUT2D eigenvalue weighted by Gasteiger charge is 2.32. The molecule has 0 spiro atoms. The van der Waals surface area contributed by atoms with Crippen molar-refractivity contribution in [3.8, 4) is 24.3 Å². The number of aromatic nitrogens is 1. The summed E-state index contributed by atoms with van der Waals surface area (Å²) in [5.74, 6) is 0.562. The minimum Gasteiger partial charge on any atom is -0.440 e. The van der Waals surface area contributed by atoms with Gasteiger partial charge in [-0.3, -0.25) is 0 Å². The molecule has 6 nitrogen and oxygen atoms in total. The summed E-state index contributed by atoms with van der Waals surface area (Å²) in [6.45, 7) is 1.76. The van der Waals surface area contributed by atoms with Crippen molar-refractivity contribution in [1.29, 1.82) is 21.0 Å². The fourth-order valence-electron chi connectivity index (χ4n) is 3.36. The molecule has 1 aromatic carbocycles. The van der Waals surface area contributed by atoms with Crippen LogP contribution in [-0.2, 0) is 0 Å². The second-order valence-electron chi connectivity index (χ2n) is 6.10. The molecule has 3 aromatic rings. The van der Waals surface area contributed by atoms with Crippen molar-refractivity contribution >= 4 is 39.0 Å². The van der Waals surface area contributed by atoms with Gasteiger partial charge in [0.25, 0.3) is 0 Å². The van der Waals surface area contributed by atoms with Crippen LogP contribution in [-0.4, -0.2) is 4.98 Å². The lowest BCUT2D eigenvalue weighted by Crippen LogP contribution is -1.89. The van der Waals surface area contributed by atoms with E-state index >= 15 is 0 Å². The number of aryl methyl sites for hydroxylation is 1. The van der Waals surface area contributed by atoms with Crippen LogP contribution in [0.3, 0.4) is 0 Å². The predicted octanol–water partition coefficient (Wildman–Crippen LogP) is 4.90. The van der Waals surface area contributed by atoms with Gasteiger partial charge in [0, 0.05) is 29.0 Å². The van der Waals surface area contributed by atoms with Gasteiger partial charge in [0.15, 0.2) is 16.3 Å². The third-order valence-electron chi connectivity index (χ3n) is 4.45. The molecule has 0 amide bonds. The van der Waals surface area contributed by atoms with E-state index in [2.05, 4.69) is 4.98 Å². The Labute approximate surface area is 169 Å². The van der Waals surface area contributed by atoms with Crippen LogP contribution in [0, 0.1) is 52.2 Å². The Morgan fingerprint density at radius 2 is 1.52 bits per heavy atom. The zero-order chi connectivity index (χ0) is 20.5. The van der Waals surface area contributed by atoms with E-state index in [0.717, 1.165) is 9.71 Å². The number of hydrogen-bond acceptors (Lipinski definition) is 7. The SMILES string of the molecule is Cc1nc2sc(C=C3C(=C(C#N)C#N)c4ccccc4C3=C(C#N)C#N)cc2o1. The van der Waals surface area contributed by atoms with Crippen molar-refractivity contribution in [3.63, 3.8) is 0 Å². The molecule has 0 atom stereocenters.